The van der Waals surface area contributed by atoms with Gasteiger partial charge in [-0.3, -0.25) is 0 Å². The Morgan fingerprint density at radius 1 is 1.44 bits per heavy atom. The lowest BCUT2D eigenvalue weighted by Gasteiger charge is -2.56. The number of nitrogens with two attached hydrogens (primary N) is 1. The minimum absolute atomic E-state index is 0.0535. The molecule has 2 fully saturated rings. The Kier molecular flexibility index (Phi) is 3.32. The van der Waals surface area contributed by atoms with Gasteiger partial charge in [-0.15, -0.1) is 0 Å². The molecule has 0 aromatic carbocycles. The number of nitrogens with zero attached hydrogens (tertiary/aromatic N) is 1. The summed E-state index contributed by atoms with van der Waals surface area (Å²) in [4.78, 5) is 13.5. The predicted octanol–water partition coefficient (Wildman–Crippen LogP) is 0.953. The summed E-state index contributed by atoms with van der Waals surface area (Å²) in [5.74, 6) is 0.415. The van der Waals surface area contributed by atoms with Crippen LogP contribution in [-0.4, -0.2) is 47.4 Å². The van der Waals surface area contributed by atoms with E-state index in [1.807, 2.05) is 20.8 Å². The topological polar surface area (TPSA) is 75.8 Å². The van der Waals surface area contributed by atoms with Crippen LogP contribution in [0, 0.1) is 11.3 Å². The number of hydrogen-bond donors (Lipinski definition) is 2. The van der Waals surface area contributed by atoms with E-state index >= 15 is 0 Å². The van der Waals surface area contributed by atoms with Gasteiger partial charge in [-0.05, 0) is 45.6 Å². The Morgan fingerprint density at radius 3 is 2.39 bits per heavy atom. The molecule has 1 aliphatic carbocycles. The average Bonchev–Trinajstić information content (AvgIpc) is 2.08. The zero-order chi connectivity index (χ0) is 13.6. The first-order valence-corrected chi connectivity index (χ1v) is 6.62. The van der Waals surface area contributed by atoms with Crippen molar-refractivity contribution in [3.63, 3.8) is 0 Å². The van der Waals surface area contributed by atoms with Crippen LogP contribution in [-0.2, 0) is 4.74 Å². The summed E-state index contributed by atoms with van der Waals surface area (Å²) in [7, 11) is 0. The van der Waals surface area contributed by atoms with Gasteiger partial charge in [0.15, 0.2) is 0 Å². The molecule has 1 heterocycles. The van der Waals surface area contributed by atoms with Crippen LogP contribution >= 0.6 is 0 Å². The third-order valence-corrected chi connectivity index (χ3v) is 4.09. The van der Waals surface area contributed by atoms with E-state index in [4.69, 9.17) is 10.5 Å². The molecule has 0 spiro atoms. The van der Waals surface area contributed by atoms with Crippen molar-refractivity contribution < 1.29 is 14.6 Å². The third kappa shape index (κ3) is 2.47. The largest absolute Gasteiger partial charge is 0.444 e. The molecule has 1 saturated heterocycles. The number of rotatable bonds is 2. The molecule has 0 aromatic rings. The summed E-state index contributed by atoms with van der Waals surface area (Å²) < 4.78 is 5.32. The van der Waals surface area contributed by atoms with Gasteiger partial charge in [0.2, 0.25) is 0 Å². The molecule has 1 saturated carbocycles. The minimum Gasteiger partial charge on any atom is -0.444 e. The van der Waals surface area contributed by atoms with Crippen molar-refractivity contribution in [2.45, 2.75) is 45.3 Å². The Hall–Kier alpha value is -0.810. The van der Waals surface area contributed by atoms with E-state index in [9.17, 15) is 9.90 Å². The molecule has 18 heavy (non-hydrogen) atoms. The summed E-state index contributed by atoms with van der Waals surface area (Å²) >= 11 is 0. The number of hydrogen-bond acceptors (Lipinski definition) is 4. The van der Waals surface area contributed by atoms with E-state index in [0.717, 1.165) is 12.8 Å². The second-order valence-corrected chi connectivity index (χ2v) is 6.71. The van der Waals surface area contributed by atoms with E-state index in [-0.39, 0.29) is 17.6 Å². The zero-order valence-corrected chi connectivity index (χ0v) is 11.5. The van der Waals surface area contributed by atoms with Gasteiger partial charge in [0, 0.05) is 19.0 Å². The third-order valence-electron chi connectivity index (χ3n) is 4.09. The van der Waals surface area contributed by atoms with Crippen molar-refractivity contribution in [1.29, 1.82) is 0 Å². The van der Waals surface area contributed by atoms with Crippen molar-refractivity contribution >= 4 is 6.09 Å². The number of carbonyl (C=O) groups is 1. The number of likely N-dealkylation sites (tertiary alicyclic amines) is 1. The molecule has 0 radical (unpaired) electrons. The van der Waals surface area contributed by atoms with E-state index < -0.39 is 5.60 Å². The molecule has 0 aromatic heterocycles. The van der Waals surface area contributed by atoms with E-state index in [1.165, 1.54) is 0 Å². The Bertz CT molecular complexity index is 326. The summed E-state index contributed by atoms with van der Waals surface area (Å²) in [6.45, 7) is 7.61. The van der Waals surface area contributed by atoms with Crippen LogP contribution in [0.5, 0.6) is 0 Å². The molecular weight excluding hydrogens is 232 g/mol. The van der Waals surface area contributed by atoms with Crippen molar-refractivity contribution in [2.24, 2.45) is 17.1 Å². The van der Waals surface area contributed by atoms with Crippen LogP contribution in [0.3, 0.4) is 0 Å². The first kappa shape index (κ1) is 13.6. The molecule has 0 unspecified atom stereocenters. The van der Waals surface area contributed by atoms with E-state index in [2.05, 4.69) is 0 Å². The molecule has 104 valence electrons. The summed E-state index contributed by atoms with van der Waals surface area (Å²) in [5.41, 5.74) is 5.43. The van der Waals surface area contributed by atoms with E-state index in [0.29, 0.717) is 25.6 Å². The number of aliphatic hydroxyl groups is 1. The zero-order valence-electron chi connectivity index (χ0n) is 11.5. The quantitative estimate of drug-likeness (QED) is 0.771. The smallest absolute Gasteiger partial charge is 0.410 e. The van der Waals surface area contributed by atoms with Gasteiger partial charge in [0.05, 0.1) is 6.10 Å². The molecule has 0 bridgehead atoms. The van der Waals surface area contributed by atoms with Gasteiger partial charge in [-0.2, -0.15) is 0 Å². The molecule has 5 heteroatoms. The second-order valence-electron chi connectivity index (χ2n) is 6.71. The fraction of sp³-hybridized carbons (Fsp3) is 0.923. The molecule has 1 aliphatic heterocycles. The molecule has 0 atom stereocenters. The minimum atomic E-state index is -0.444. The number of aliphatic hydroxyl groups excluding tert-OH is 1. The fourth-order valence-corrected chi connectivity index (χ4v) is 2.89. The van der Waals surface area contributed by atoms with Crippen LogP contribution in [0.2, 0.25) is 0 Å². The van der Waals surface area contributed by atoms with E-state index in [1.54, 1.807) is 4.90 Å². The van der Waals surface area contributed by atoms with Crippen molar-refractivity contribution in [1.82, 2.24) is 4.90 Å². The van der Waals surface area contributed by atoms with Gasteiger partial charge in [0.25, 0.3) is 0 Å². The van der Waals surface area contributed by atoms with Gasteiger partial charge < -0.3 is 20.5 Å². The van der Waals surface area contributed by atoms with Gasteiger partial charge in [-0.25, -0.2) is 4.79 Å². The second kappa shape index (κ2) is 4.38. The maximum Gasteiger partial charge on any atom is 0.410 e. The van der Waals surface area contributed by atoms with Crippen LogP contribution in [0.4, 0.5) is 4.79 Å². The lowest BCUT2D eigenvalue weighted by Crippen LogP contribution is -2.63. The number of ether oxygens (including phenoxy) is 1. The highest BCUT2D eigenvalue weighted by Crippen LogP contribution is 2.49. The maximum absolute atomic E-state index is 11.8. The predicted molar refractivity (Wildman–Crippen MR) is 68.0 cm³/mol. The van der Waals surface area contributed by atoms with Crippen molar-refractivity contribution in [2.75, 3.05) is 19.6 Å². The highest BCUT2D eigenvalue weighted by Gasteiger charge is 2.53. The fourth-order valence-electron chi connectivity index (χ4n) is 2.89. The van der Waals surface area contributed by atoms with Gasteiger partial charge >= 0.3 is 6.09 Å². The summed E-state index contributed by atoms with van der Waals surface area (Å²) in [6.07, 6.45) is 1.10. The Labute approximate surface area is 108 Å². The van der Waals surface area contributed by atoms with Crippen LogP contribution in [0.15, 0.2) is 0 Å². The van der Waals surface area contributed by atoms with Crippen molar-refractivity contribution in [3.8, 4) is 0 Å². The van der Waals surface area contributed by atoms with Gasteiger partial charge in [-0.1, -0.05) is 0 Å². The monoisotopic (exact) mass is 256 g/mol. The molecule has 1 amide bonds. The normalized spacial score (nSPS) is 32.7. The van der Waals surface area contributed by atoms with Crippen LogP contribution in [0.1, 0.15) is 33.6 Å². The molecule has 2 rings (SSSR count). The first-order chi connectivity index (χ1) is 8.26. The Morgan fingerprint density at radius 2 is 2.00 bits per heavy atom. The highest BCUT2D eigenvalue weighted by molar-refractivity contribution is 5.69. The summed E-state index contributed by atoms with van der Waals surface area (Å²) in [5, 5.41) is 9.45. The lowest BCUT2D eigenvalue weighted by atomic mass is 9.57. The van der Waals surface area contributed by atoms with Gasteiger partial charge in [0.1, 0.15) is 5.60 Å². The SMILES string of the molecule is CC(C)(C)OC(=O)N1CC(C2(CN)CC(O)C2)C1. The lowest BCUT2D eigenvalue weighted by molar-refractivity contribution is -0.109. The molecule has 5 nitrogen and oxygen atoms in total. The summed E-state index contributed by atoms with van der Waals surface area (Å²) in [6, 6.07) is 0. The number of carbonyl (C=O) groups excluding carboxylic acids is 1. The molecule has 3 N–H and O–H groups in total. The Balaban J connectivity index is 1.82. The number of amides is 1. The molecule has 2 aliphatic rings. The first-order valence-electron chi connectivity index (χ1n) is 6.62. The maximum atomic E-state index is 11.8. The highest BCUT2D eigenvalue weighted by atomic mass is 16.6. The molecular formula is C13H24N2O3. The average molecular weight is 256 g/mol. The van der Waals surface area contributed by atoms with Crippen LogP contribution < -0.4 is 5.73 Å². The van der Waals surface area contributed by atoms with Crippen LogP contribution in [0.25, 0.3) is 0 Å². The van der Waals surface area contributed by atoms with Crippen molar-refractivity contribution in [3.05, 3.63) is 0 Å². The standard InChI is InChI=1S/C13H24N2O3/c1-12(2,3)18-11(17)15-6-9(7-15)13(8-14)4-10(16)5-13/h9-10,16H,4-8,14H2,1-3H3.